The molecule has 7 heteroatoms. The summed E-state index contributed by atoms with van der Waals surface area (Å²) in [5.74, 6) is -0.609. The van der Waals surface area contributed by atoms with Crippen molar-refractivity contribution in [1.82, 2.24) is 4.98 Å². The molecule has 0 spiro atoms. The van der Waals surface area contributed by atoms with Crippen molar-refractivity contribution in [3.8, 4) is 11.5 Å². The molecule has 2 N–H and O–H groups in total. The molecule has 0 bridgehead atoms. The largest absolute Gasteiger partial charge is 0.507 e. The Morgan fingerprint density at radius 2 is 1.70 bits per heavy atom. The van der Waals surface area contributed by atoms with Gasteiger partial charge >= 0.3 is 0 Å². The molecule has 0 saturated carbocycles. The van der Waals surface area contributed by atoms with Gasteiger partial charge in [-0.05, 0) is 34.7 Å². The second-order valence-electron chi connectivity index (χ2n) is 10.3. The van der Waals surface area contributed by atoms with Gasteiger partial charge in [-0.2, -0.15) is 0 Å². The molecule has 3 aromatic carbocycles. The van der Waals surface area contributed by atoms with Crippen molar-refractivity contribution in [1.29, 1.82) is 0 Å². The van der Waals surface area contributed by atoms with E-state index in [2.05, 4.69) is 25.8 Å². The number of para-hydroxylation sites is 1. The lowest BCUT2D eigenvalue weighted by molar-refractivity contribution is -0.132. The number of benzene rings is 3. The number of aromatic nitrogens is 1. The van der Waals surface area contributed by atoms with Crippen LogP contribution >= 0.6 is 0 Å². The Hall–Kier alpha value is -4.52. The van der Waals surface area contributed by atoms with Gasteiger partial charge in [0.05, 0.1) is 11.6 Å². The number of carbonyl (C=O) groups is 2. The molecule has 186 valence electrons. The van der Waals surface area contributed by atoms with E-state index in [1.165, 1.54) is 4.90 Å². The first kappa shape index (κ1) is 22.9. The minimum Gasteiger partial charge on any atom is -0.507 e. The number of Topliss-reactive ketones (excluding diaryl/α,β-unsaturated/α-hetero) is 1. The standard InChI is InChI=1S/C30H26N2O5/c1-30(2,3)18-10-8-17(9-11-18)26-25(27(33)21-15-31-22-7-5-4-6-20(21)22)28(34)29(35)32(26)19-12-13-23-24(14-19)37-16-36-23/h4-15,26,31,33H,16H2,1-3H3/b27-25-. The van der Waals surface area contributed by atoms with E-state index in [0.29, 0.717) is 28.3 Å². The van der Waals surface area contributed by atoms with Crippen LogP contribution in [0, 0.1) is 0 Å². The zero-order valence-electron chi connectivity index (χ0n) is 20.7. The van der Waals surface area contributed by atoms with E-state index in [1.54, 1.807) is 24.4 Å². The Bertz CT molecular complexity index is 1590. The normalized spacial score (nSPS) is 18.7. The predicted octanol–water partition coefficient (Wildman–Crippen LogP) is 5.82. The molecule has 1 amide bonds. The first-order valence-electron chi connectivity index (χ1n) is 12.1. The molecule has 1 unspecified atom stereocenters. The van der Waals surface area contributed by atoms with Crippen LogP contribution in [-0.4, -0.2) is 28.6 Å². The highest BCUT2D eigenvalue weighted by Gasteiger charge is 2.47. The SMILES string of the molecule is CC(C)(C)c1ccc(C2/C(=C(/O)c3c[nH]c4ccccc34)C(=O)C(=O)N2c2ccc3c(c2)OCO3)cc1. The number of H-pyrrole nitrogens is 1. The van der Waals surface area contributed by atoms with E-state index in [4.69, 9.17) is 9.47 Å². The van der Waals surface area contributed by atoms with Gasteiger partial charge in [0.2, 0.25) is 6.79 Å². The summed E-state index contributed by atoms with van der Waals surface area (Å²) in [6.45, 7) is 6.46. The highest BCUT2D eigenvalue weighted by atomic mass is 16.7. The summed E-state index contributed by atoms with van der Waals surface area (Å²) < 4.78 is 10.9. The van der Waals surface area contributed by atoms with Crippen LogP contribution in [0.15, 0.2) is 78.5 Å². The molecular weight excluding hydrogens is 468 g/mol. The molecule has 4 aromatic rings. The van der Waals surface area contributed by atoms with E-state index in [1.807, 2.05) is 48.5 Å². The highest BCUT2D eigenvalue weighted by Crippen LogP contribution is 2.45. The molecule has 1 atom stereocenters. The van der Waals surface area contributed by atoms with E-state index in [0.717, 1.165) is 16.5 Å². The van der Waals surface area contributed by atoms with Gasteiger partial charge in [0.15, 0.2) is 11.5 Å². The van der Waals surface area contributed by atoms with E-state index in [9.17, 15) is 14.7 Å². The molecule has 1 saturated heterocycles. The Morgan fingerprint density at radius 3 is 2.46 bits per heavy atom. The van der Waals surface area contributed by atoms with E-state index < -0.39 is 17.7 Å². The number of fused-ring (bicyclic) bond motifs is 2. The lowest BCUT2D eigenvalue weighted by Gasteiger charge is -2.26. The van der Waals surface area contributed by atoms with Crippen molar-refractivity contribution < 1.29 is 24.2 Å². The number of hydrogen-bond donors (Lipinski definition) is 2. The van der Waals surface area contributed by atoms with Gasteiger partial charge in [-0.3, -0.25) is 14.5 Å². The number of amides is 1. The maximum absolute atomic E-state index is 13.5. The van der Waals surface area contributed by atoms with Crippen molar-refractivity contribution in [3.63, 3.8) is 0 Å². The summed E-state index contributed by atoms with van der Waals surface area (Å²) >= 11 is 0. The Morgan fingerprint density at radius 1 is 0.973 bits per heavy atom. The van der Waals surface area contributed by atoms with Crippen LogP contribution < -0.4 is 14.4 Å². The van der Waals surface area contributed by atoms with Crippen LogP contribution in [0.2, 0.25) is 0 Å². The van der Waals surface area contributed by atoms with E-state index >= 15 is 0 Å². The Labute approximate surface area is 213 Å². The maximum atomic E-state index is 13.5. The molecule has 2 aliphatic heterocycles. The topological polar surface area (TPSA) is 91.9 Å². The molecule has 37 heavy (non-hydrogen) atoms. The molecule has 1 fully saturated rings. The zero-order chi connectivity index (χ0) is 25.9. The molecular formula is C30H26N2O5. The van der Waals surface area contributed by atoms with Gasteiger partial charge in [-0.25, -0.2) is 0 Å². The minimum absolute atomic E-state index is 0.0379. The number of nitrogens with one attached hydrogen (secondary N) is 1. The van der Waals surface area contributed by atoms with Crippen molar-refractivity contribution in [2.75, 3.05) is 11.7 Å². The first-order chi connectivity index (χ1) is 17.7. The van der Waals surface area contributed by atoms with Crippen molar-refractivity contribution in [2.45, 2.75) is 32.2 Å². The predicted molar refractivity (Wildman–Crippen MR) is 141 cm³/mol. The zero-order valence-corrected chi connectivity index (χ0v) is 20.7. The van der Waals surface area contributed by atoms with Crippen LogP contribution in [0.25, 0.3) is 16.7 Å². The molecule has 3 heterocycles. The first-order valence-corrected chi connectivity index (χ1v) is 12.1. The number of aliphatic hydroxyl groups excluding tert-OH is 1. The van der Waals surface area contributed by atoms with Crippen LogP contribution in [0.3, 0.4) is 0 Å². The third-order valence-corrected chi connectivity index (χ3v) is 7.02. The fourth-order valence-electron chi connectivity index (χ4n) is 5.03. The number of ether oxygens (including phenoxy) is 2. The minimum atomic E-state index is -0.831. The fraction of sp³-hybridized carbons (Fsp3) is 0.200. The lowest BCUT2D eigenvalue weighted by Crippen LogP contribution is -2.29. The number of carbonyl (C=O) groups excluding carboxylic acids is 2. The number of aliphatic hydroxyl groups is 1. The van der Waals surface area contributed by atoms with Gasteiger partial charge in [-0.15, -0.1) is 0 Å². The average Bonchev–Trinajstić information content (AvgIpc) is 3.59. The third-order valence-electron chi connectivity index (χ3n) is 7.02. The Balaban J connectivity index is 1.55. The maximum Gasteiger partial charge on any atom is 0.300 e. The number of nitrogens with zero attached hydrogens (tertiary/aromatic N) is 1. The van der Waals surface area contributed by atoms with Crippen molar-refractivity contribution >= 4 is 34.0 Å². The molecule has 0 radical (unpaired) electrons. The summed E-state index contributed by atoms with van der Waals surface area (Å²) in [4.78, 5) is 31.6. The Kier molecular flexibility index (Phi) is 5.12. The van der Waals surface area contributed by atoms with Crippen molar-refractivity contribution in [3.05, 3.63) is 95.2 Å². The third kappa shape index (κ3) is 3.66. The second-order valence-corrected chi connectivity index (χ2v) is 10.3. The van der Waals surface area contributed by atoms with Crippen LogP contribution in [0.5, 0.6) is 11.5 Å². The van der Waals surface area contributed by atoms with Crippen LogP contribution in [0.1, 0.15) is 43.5 Å². The van der Waals surface area contributed by atoms with Gasteiger partial charge < -0.3 is 19.6 Å². The summed E-state index contributed by atoms with van der Waals surface area (Å²) in [6, 6.07) is 19.6. The lowest BCUT2D eigenvalue weighted by atomic mass is 9.85. The molecule has 1 aromatic heterocycles. The highest BCUT2D eigenvalue weighted by molar-refractivity contribution is 6.51. The molecule has 6 rings (SSSR count). The van der Waals surface area contributed by atoms with Gasteiger partial charge in [0.1, 0.15) is 5.76 Å². The van der Waals surface area contributed by atoms with Crippen LogP contribution in [-0.2, 0) is 15.0 Å². The van der Waals surface area contributed by atoms with E-state index in [-0.39, 0.29) is 23.5 Å². The molecule has 2 aliphatic rings. The number of hydrogen-bond acceptors (Lipinski definition) is 5. The average molecular weight is 495 g/mol. The number of aromatic amines is 1. The van der Waals surface area contributed by atoms with Crippen LogP contribution in [0.4, 0.5) is 5.69 Å². The quantitative estimate of drug-likeness (QED) is 0.213. The number of ketones is 1. The fourth-order valence-corrected chi connectivity index (χ4v) is 5.03. The second kappa shape index (κ2) is 8.27. The van der Waals surface area contributed by atoms with Crippen molar-refractivity contribution in [2.24, 2.45) is 0 Å². The summed E-state index contributed by atoms with van der Waals surface area (Å²) in [5.41, 5.74) is 3.57. The van der Waals surface area contributed by atoms with Gasteiger partial charge in [0, 0.05) is 34.4 Å². The van der Waals surface area contributed by atoms with Gasteiger partial charge in [0.25, 0.3) is 11.7 Å². The summed E-state index contributed by atoms with van der Waals surface area (Å²) in [5, 5.41) is 12.3. The smallest absolute Gasteiger partial charge is 0.300 e. The monoisotopic (exact) mass is 494 g/mol. The summed E-state index contributed by atoms with van der Waals surface area (Å²) in [7, 11) is 0. The number of rotatable bonds is 3. The molecule has 0 aliphatic carbocycles. The van der Waals surface area contributed by atoms with Gasteiger partial charge in [-0.1, -0.05) is 63.2 Å². The number of anilines is 1. The summed E-state index contributed by atoms with van der Waals surface area (Å²) in [6.07, 6.45) is 1.66. The molecule has 7 nitrogen and oxygen atoms in total.